The van der Waals surface area contributed by atoms with Crippen molar-refractivity contribution < 1.29 is 9.53 Å². The highest BCUT2D eigenvalue weighted by atomic mass is 32.2. The molecule has 0 aliphatic carbocycles. The number of aromatic nitrogens is 2. The van der Waals surface area contributed by atoms with Crippen LogP contribution >= 0.6 is 23.1 Å². The van der Waals surface area contributed by atoms with Crippen molar-refractivity contribution in [3.63, 3.8) is 0 Å². The van der Waals surface area contributed by atoms with Gasteiger partial charge in [-0.1, -0.05) is 25.1 Å². The third kappa shape index (κ3) is 4.59. The van der Waals surface area contributed by atoms with Crippen molar-refractivity contribution in [1.29, 1.82) is 0 Å². The first-order valence-corrected chi connectivity index (χ1v) is 11.7. The molecule has 0 saturated heterocycles. The van der Waals surface area contributed by atoms with Gasteiger partial charge in [-0.25, -0.2) is 9.78 Å². The summed E-state index contributed by atoms with van der Waals surface area (Å²) in [5, 5.41) is 5.76. The van der Waals surface area contributed by atoms with E-state index >= 15 is 0 Å². The van der Waals surface area contributed by atoms with E-state index in [1.807, 2.05) is 39.1 Å². The van der Waals surface area contributed by atoms with Gasteiger partial charge in [-0.15, -0.1) is 11.3 Å². The first kappa shape index (κ1) is 21.6. The summed E-state index contributed by atoms with van der Waals surface area (Å²) >= 11 is 3.07. The van der Waals surface area contributed by atoms with Gasteiger partial charge in [-0.3, -0.25) is 4.79 Å². The number of hydrogen-bond donors (Lipinski definition) is 2. The lowest BCUT2D eigenvalue weighted by Crippen LogP contribution is -2.31. The van der Waals surface area contributed by atoms with E-state index in [9.17, 15) is 9.59 Å². The Morgan fingerprint density at radius 3 is 2.76 bits per heavy atom. The second kappa shape index (κ2) is 9.17. The number of fused-ring (bicyclic) bond motifs is 1. The van der Waals surface area contributed by atoms with Crippen molar-refractivity contribution in [1.82, 2.24) is 9.97 Å². The summed E-state index contributed by atoms with van der Waals surface area (Å²) in [6.07, 6.45) is 1.90. The molecule has 2 aromatic heterocycles. The second-order valence-electron chi connectivity index (χ2n) is 7.35. The first-order chi connectivity index (χ1) is 13.8. The number of hydrogen-bond acceptors (Lipinski definition) is 7. The number of esters is 1. The average Bonchev–Trinajstić information content (AvgIpc) is 3.05. The van der Waals surface area contributed by atoms with Crippen molar-refractivity contribution in [3.8, 4) is 0 Å². The molecule has 3 rings (SSSR count). The number of thioether (sulfide) groups is 1. The minimum absolute atomic E-state index is 0.221. The highest BCUT2D eigenvalue weighted by Gasteiger charge is 2.38. The van der Waals surface area contributed by atoms with E-state index in [1.54, 1.807) is 0 Å². The van der Waals surface area contributed by atoms with Crippen LogP contribution in [0, 0.1) is 6.92 Å². The van der Waals surface area contributed by atoms with Gasteiger partial charge in [0.15, 0.2) is 5.16 Å². The number of thiophene rings is 1. The zero-order valence-electron chi connectivity index (χ0n) is 17.4. The van der Waals surface area contributed by atoms with Crippen molar-refractivity contribution in [3.05, 3.63) is 49.1 Å². The lowest BCUT2D eigenvalue weighted by atomic mass is 9.85. The molecule has 1 aliphatic rings. The molecule has 0 aromatic carbocycles. The zero-order chi connectivity index (χ0) is 21.1. The predicted octanol–water partition coefficient (Wildman–Crippen LogP) is 4.82. The van der Waals surface area contributed by atoms with Crippen LogP contribution in [0.5, 0.6) is 0 Å². The lowest BCUT2D eigenvalue weighted by molar-refractivity contribution is -0.142. The molecule has 1 unspecified atom stereocenters. The topological polar surface area (TPSA) is 84.1 Å². The Balaban J connectivity index is 2.12. The first-order valence-electron chi connectivity index (χ1n) is 9.83. The fourth-order valence-corrected chi connectivity index (χ4v) is 5.29. The molecule has 0 bridgehead atoms. The largest absolute Gasteiger partial charge is 0.460 e. The predicted molar refractivity (Wildman–Crippen MR) is 119 cm³/mol. The summed E-state index contributed by atoms with van der Waals surface area (Å²) in [6, 6.07) is 2.00. The Hall–Kier alpha value is -2.06. The molecule has 29 heavy (non-hydrogen) atoms. The van der Waals surface area contributed by atoms with Gasteiger partial charge in [0.05, 0.1) is 23.2 Å². The number of carbonyl (C=O) groups is 1. The molecule has 0 spiro atoms. The van der Waals surface area contributed by atoms with E-state index in [1.165, 1.54) is 23.1 Å². The van der Waals surface area contributed by atoms with Gasteiger partial charge >= 0.3 is 5.97 Å². The minimum Gasteiger partial charge on any atom is -0.460 e. The minimum atomic E-state index is -0.497. The van der Waals surface area contributed by atoms with Crippen LogP contribution in [0.25, 0.3) is 0 Å². The van der Waals surface area contributed by atoms with Crippen molar-refractivity contribution >= 4 is 34.9 Å². The normalized spacial score (nSPS) is 16.0. The summed E-state index contributed by atoms with van der Waals surface area (Å²) in [5.74, 6) is 0.508. The van der Waals surface area contributed by atoms with E-state index < -0.39 is 11.9 Å². The number of ether oxygens (including phenoxy) is 1. The summed E-state index contributed by atoms with van der Waals surface area (Å²) in [6.45, 7) is 9.59. The molecule has 1 aliphatic heterocycles. The van der Waals surface area contributed by atoms with E-state index in [-0.39, 0.29) is 11.7 Å². The Morgan fingerprint density at radius 1 is 1.38 bits per heavy atom. The number of anilines is 1. The van der Waals surface area contributed by atoms with E-state index in [2.05, 4.69) is 22.2 Å². The van der Waals surface area contributed by atoms with E-state index in [4.69, 9.17) is 4.74 Å². The molecule has 0 fully saturated rings. The maximum absolute atomic E-state index is 13.1. The van der Waals surface area contributed by atoms with Crippen LogP contribution in [-0.4, -0.2) is 27.8 Å². The summed E-state index contributed by atoms with van der Waals surface area (Å²) in [7, 11) is 0. The second-order valence-corrected chi connectivity index (χ2v) is 9.39. The Kier molecular flexibility index (Phi) is 6.85. The van der Waals surface area contributed by atoms with Gasteiger partial charge in [-0.05, 0) is 51.1 Å². The van der Waals surface area contributed by atoms with E-state index in [0.29, 0.717) is 27.8 Å². The number of aryl methyl sites for hydroxylation is 1. The van der Waals surface area contributed by atoms with Crippen molar-refractivity contribution in [2.45, 2.75) is 64.6 Å². The van der Waals surface area contributed by atoms with Crippen LogP contribution in [0.2, 0.25) is 0 Å². The fraction of sp³-hybridized carbons (Fsp3) is 0.476. The van der Waals surface area contributed by atoms with Gasteiger partial charge < -0.3 is 15.0 Å². The van der Waals surface area contributed by atoms with Crippen LogP contribution in [0.3, 0.4) is 0 Å². The van der Waals surface area contributed by atoms with Gasteiger partial charge in [0.2, 0.25) is 0 Å². The van der Waals surface area contributed by atoms with Crippen LogP contribution in [0.15, 0.2) is 32.7 Å². The van der Waals surface area contributed by atoms with Gasteiger partial charge in [0.25, 0.3) is 5.56 Å². The Morgan fingerprint density at radius 2 is 2.14 bits per heavy atom. The fourth-order valence-electron chi connectivity index (χ4n) is 3.30. The molecule has 8 heteroatoms. The van der Waals surface area contributed by atoms with Crippen LogP contribution in [-0.2, 0) is 9.53 Å². The maximum atomic E-state index is 13.1. The Labute approximate surface area is 179 Å². The third-order valence-corrected chi connectivity index (χ3v) is 6.73. The summed E-state index contributed by atoms with van der Waals surface area (Å²) in [5.41, 5.74) is 2.42. The lowest BCUT2D eigenvalue weighted by Gasteiger charge is -2.29. The third-order valence-electron chi connectivity index (χ3n) is 4.68. The standard InChI is InChI=1S/C21H27N3O3S2/c1-6-7-9-29-21-23-18-16(19(25)24-21)15(17-12(4)8-10-28-17)14(13(5)22-18)20(26)27-11(2)3/h8,10-11,15H,6-7,9H2,1-5H3,(H2,22,23,24,25). The molecule has 0 saturated carbocycles. The highest BCUT2D eigenvalue weighted by molar-refractivity contribution is 7.99. The molecule has 156 valence electrons. The number of allylic oxidation sites excluding steroid dienone is 1. The maximum Gasteiger partial charge on any atom is 0.337 e. The van der Waals surface area contributed by atoms with Crippen molar-refractivity contribution in [2.75, 3.05) is 11.1 Å². The number of nitrogens with zero attached hydrogens (tertiary/aromatic N) is 1. The zero-order valence-corrected chi connectivity index (χ0v) is 19.1. The SMILES string of the molecule is CCCCSc1nc2c(c(=O)[nH]1)C(c1sccc1C)C(C(=O)OC(C)C)=C(C)N2. The molecule has 6 nitrogen and oxygen atoms in total. The summed E-state index contributed by atoms with van der Waals surface area (Å²) in [4.78, 5) is 34.6. The number of H-pyrrole nitrogens is 1. The number of carbonyl (C=O) groups excluding carboxylic acids is 1. The molecule has 1 atom stereocenters. The number of unbranched alkanes of at least 4 members (excludes halogenated alkanes) is 1. The number of nitrogens with one attached hydrogen (secondary N) is 2. The molecule has 2 N–H and O–H groups in total. The van der Waals surface area contributed by atoms with E-state index in [0.717, 1.165) is 29.0 Å². The van der Waals surface area contributed by atoms with Crippen LogP contribution in [0.4, 0.5) is 5.82 Å². The Bertz CT molecular complexity index is 991. The van der Waals surface area contributed by atoms with Gasteiger partial charge in [0, 0.05) is 16.3 Å². The van der Waals surface area contributed by atoms with Crippen molar-refractivity contribution in [2.24, 2.45) is 0 Å². The molecule has 0 radical (unpaired) electrons. The highest BCUT2D eigenvalue weighted by Crippen LogP contribution is 2.43. The van der Waals surface area contributed by atoms with Gasteiger partial charge in [0.1, 0.15) is 5.82 Å². The smallest absolute Gasteiger partial charge is 0.337 e. The number of aromatic amines is 1. The van der Waals surface area contributed by atoms with Gasteiger partial charge in [-0.2, -0.15) is 0 Å². The quantitative estimate of drug-likeness (QED) is 0.282. The average molecular weight is 434 g/mol. The van der Waals surface area contributed by atoms with Crippen LogP contribution in [0.1, 0.15) is 62.5 Å². The molecular formula is C21H27N3O3S2. The number of rotatable bonds is 7. The monoisotopic (exact) mass is 433 g/mol. The molecular weight excluding hydrogens is 406 g/mol. The summed E-state index contributed by atoms with van der Waals surface area (Å²) < 4.78 is 5.50. The molecule has 2 aromatic rings. The van der Waals surface area contributed by atoms with Crippen LogP contribution < -0.4 is 10.9 Å². The molecule has 0 amide bonds. The molecule has 3 heterocycles.